The van der Waals surface area contributed by atoms with Gasteiger partial charge in [0.2, 0.25) is 0 Å². The van der Waals surface area contributed by atoms with Gasteiger partial charge in [0.25, 0.3) is 0 Å². The first-order valence-electron chi connectivity index (χ1n) is 10.9. The van der Waals surface area contributed by atoms with E-state index in [2.05, 4.69) is 12.1 Å². The van der Waals surface area contributed by atoms with Crippen molar-refractivity contribution in [2.45, 2.75) is 52.7 Å². The van der Waals surface area contributed by atoms with Crippen molar-refractivity contribution in [2.24, 2.45) is 0 Å². The molecule has 0 spiro atoms. The molecule has 0 unspecified atom stereocenters. The molecular weight excluding hydrogens is 630 g/mol. The first-order chi connectivity index (χ1) is 16.2. The fraction of sp³-hybridized carbons (Fsp3) is 0.519. The molecule has 0 atom stereocenters. The minimum atomic E-state index is -0.229. The molecule has 37 heavy (non-hydrogen) atoms. The van der Waals surface area contributed by atoms with Gasteiger partial charge in [-0.15, -0.1) is 24.3 Å². The van der Waals surface area contributed by atoms with E-state index < -0.39 is 0 Å². The Morgan fingerprint density at radius 2 is 0.919 bits per heavy atom. The summed E-state index contributed by atoms with van der Waals surface area (Å²) in [4.78, 5) is 0. The minimum Gasteiger partial charge on any atom is -0.514 e. The van der Waals surface area contributed by atoms with Gasteiger partial charge in [-0.3, -0.25) is 0 Å². The fourth-order valence-corrected chi connectivity index (χ4v) is 1.99. The van der Waals surface area contributed by atoms with Crippen molar-refractivity contribution in [3.05, 3.63) is 68.1 Å². The van der Waals surface area contributed by atoms with Crippen LogP contribution in [0.4, 0.5) is 0 Å². The van der Waals surface area contributed by atoms with Crippen molar-refractivity contribution in [1.29, 1.82) is 0 Å². The van der Waals surface area contributed by atoms with Gasteiger partial charge in [-0.05, 0) is 41.5 Å². The van der Waals surface area contributed by atoms with Crippen LogP contribution in [-0.4, -0.2) is 52.0 Å². The van der Waals surface area contributed by atoms with Crippen LogP contribution < -0.4 is 9.47 Å². The minimum absolute atomic E-state index is 0. The Morgan fingerprint density at radius 1 is 0.541 bits per heavy atom. The van der Waals surface area contributed by atoms with Gasteiger partial charge in [-0.25, -0.2) is 0 Å². The molecule has 2 radical (unpaired) electrons. The summed E-state index contributed by atoms with van der Waals surface area (Å²) in [5.41, 5.74) is -0.339. The van der Waals surface area contributed by atoms with Gasteiger partial charge in [-0.2, -0.15) is 36.4 Å². The Morgan fingerprint density at radius 3 is 1.32 bits per heavy atom. The second kappa shape index (κ2) is 25.0. The summed E-state index contributed by atoms with van der Waals surface area (Å²) in [6, 6.07) is 20.5. The first-order valence-corrected chi connectivity index (χ1v) is 10.9. The summed E-state index contributed by atoms with van der Waals surface area (Å²) in [5, 5.41) is 0. The van der Waals surface area contributed by atoms with Crippen LogP contribution in [0.25, 0.3) is 0 Å². The van der Waals surface area contributed by atoms with E-state index in [-0.39, 0.29) is 125 Å². The zero-order chi connectivity index (χ0) is 25.1. The van der Waals surface area contributed by atoms with Crippen LogP contribution in [0.2, 0.25) is 0 Å². The summed E-state index contributed by atoms with van der Waals surface area (Å²) < 4.78 is 41.6. The number of hydrogen-bond donors (Lipinski definition) is 0. The Kier molecular flexibility index (Phi) is 28.0. The topological polar surface area (TPSA) is 73.8 Å². The van der Waals surface area contributed by atoms with Crippen LogP contribution in [0.3, 0.4) is 0 Å². The molecule has 2 aromatic carbocycles. The quantitative estimate of drug-likeness (QED) is 0.146. The molecule has 0 bridgehead atoms. The zero-order valence-electron chi connectivity index (χ0n) is 23.3. The number of rotatable bonds is 14. The predicted octanol–water partition coefficient (Wildman–Crippen LogP) is 5.62. The van der Waals surface area contributed by atoms with Crippen molar-refractivity contribution in [1.82, 2.24) is 0 Å². The first kappa shape index (κ1) is 41.5. The second-order valence-electron chi connectivity index (χ2n) is 8.81. The largest absolute Gasteiger partial charge is 0.514 e. The standard InChI is InChI=1S/C16H25O7.C10H13O.CH3.2Y/c1-16(2,3)23-14-21-12-19-10-17-9-18-11-20-13-22-15-7-5-4-6-8-15;1-10(2,3)11-9-7-5-4-6-8-9;;;/h5-8H,9-14H2,1-3H3;5-8H,1-3H3;1H3;;/q3*-1;;. The number of benzene rings is 2. The zero-order valence-corrected chi connectivity index (χ0v) is 29.0. The van der Waals surface area contributed by atoms with Crippen molar-refractivity contribution in [2.75, 3.05) is 40.8 Å². The Labute approximate surface area is 274 Å². The normalized spacial score (nSPS) is 10.5. The molecule has 10 heteroatoms. The van der Waals surface area contributed by atoms with E-state index >= 15 is 0 Å². The molecular formula is C27H41O8Y2-3. The van der Waals surface area contributed by atoms with Gasteiger partial charge in [0.05, 0.1) is 11.2 Å². The molecule has 0 saturated carbocycles. The van der Waals surface area contributed by atoms with Gasteiger partial charge in [0.1, 0.15) is 6.79 Å². The third-order valence-corrected chi connectivity index (χ3v) is 3.35. The molecule has 0 aliphatic rings. The fourth-order valence-electron chi connectivity index (χ4n) is 1.99. The summed E-state index contributed by atoms with van der Waals surface area (Å²) in [7, 11) is 0. The molecule has 0 aliphatic heterocycles. The molecule has 8 nitrogen and oxygen atoms in total. The van der Waals surface area contributed by atoms with Crippen molar-refractivity contribution >= 4 is 0 Å². The maximum Gasteiger partial charge on any atom is 0.188 e. The van der Waals surface area contributed by atoms with E-state index in [9.17, 15) is 0 Å². The van der Waals surface area contributed by atoms with Crippen LogP contribution in [0.1, 0.15) is 41.5 Å². The predicted molar refractivity (Wildman–Crippen MR) is 133 cm³/mol. The van der Waals surface area contributed by atoms with Crippen LogP contribution in [-0.2, 0) is 93.8 Å². The molecule has 0 aliphatic carbocycles. The molecule has 206 valence electrons. The van der Waals surface area contributed by atoms with Crippen LogP contribution in [0, 0.1) is 19.6 Å². The second-order valence-corrected chi connectivity index (χ2v) is 8.81. The molecule has 2 rings (SSSR count). The molecule has 0 aromatic heterocycles. The van der Waals surface area contributed by atoms with Crippen LogP contribution in [0.15, 0.2) is 48.5 Å². The molecule has 0 saturated heterocycles. The summed E-state index contributed by atoms with van der Waals surface area (Å²) in [6.45, 7) is 12.5. The summed E-state index contributed by atoms with van der Waals surface area (Å²) in [5.74, 6) is 1.61. The van der Waals surface area contributed by atoms with Crippen molar-refractivity contribution < 1.29 is 103 Å². The van der Waals surface area contributed by atoms with Gasteiger partial charge in [-0.1, -0.05) is 0 Å². The maximum atomic E-state index is 5.58. The number of hydrogen-bond acceptors (Lipinski definition) is 8. The molecule has 0 N–H and O–H groups in total. The van der Waals surface area contributed by atoms with E-state index in [1.54, 1.807) is 24.3 Å². The van der Waals surface area contributed by atoms with Crippen LogP contribution in [0.5, 0.6) is 11.5 Å². The van der Waals surface area contributed by atoms with E-state index in [0.717, 1.165) is 5.75 Å². The average molecular weight is 671 g/mol. The Balaban J connectivity index is -0.000000702. The summed E-state index contributed by atoms with van der Waals surface area (Å²) in [6.07, 6.45) is 0. The van der Waals surface area contributed by atoms with Crippen molar-refractivity contribution in [3.63, 3.8) is 0 Å². The smallest absolute Gasteiger partial charge is 0.188 e. The van der Waals surface area contributed by atoms with Gasteiger partial charge >= 0.3 is 0 Å². The van der Waals surface area contributed by atoms with Crippen LogP contribution >= 0.6 is 0 Å². The van der Waals surface area contributed by atoms with Gasteiger partial charge in [0, 0.05) is 76.9 Å². The van der Waals surface area contributed by atoms with E-state index in [1.165, 1.54) is 0 Å². The monoisotopic (exact) mass is 671 g/mol. The van der Waals surface area contributed by atoms with E-state index in [0.29, 0.717) is 5.75 Å². The Bertz CT molecular complexity index is 723. The third kappa shape index (κ3) is 28.8. The van der Waals surface area contributed by atoms with E-state index in [1.807, 2.05) is 65.8 Å². The molecule has 0 amide bonds. The third-order valence-electron chi connectivity index (χ3n) is 3.35. The summed E-state index contributed by atoms with van der Waals surface area (Å²) >= 11 is 0. The maximum absolute atomic E-state index is 5.58. The van der Waals surface area contributed by atoms with Crippen molar-refractivity contribution in [3.8, 4) is 11.5 Å². The SMILES string of the molecule is CC(C)(C)OCOCOCOCOCOCOc1cc[c-]cc1.CC(C)(C)Oc1cc[c-]cc1.[CH3-].[Y].[Y]. The number of ether oxygens (including phenoxy) is 8. The van der Waals surface area contributed by atoms with Gasteiger partial charge in [0.15, 0.2) is 34.0 Å². The molecule has 0 fully saturated rings. The molecule has 2 aromatic rings. The van der Waals surface area contributed by atoms with E-state index in [4.69, 9.17) is 37.9 Å². The Hall–Kier alpha value is 0.00779. The van der Waals surface area contributed by atoms with Gasteiger partial charge < -0.3 is 45.3 Å². The average Bonchev–Trinajstić information content (AvgIpc) is 2.77. The molecule has 0 heterocycles.